The zero-order valence-corrected chi connectivity index (χ0v) is 16.3. The van der Waals surface area contributed by atoms with Crippen LogP contribution in [0.4, 0.5) is 10.1 Å². The Hall–Kier alpha value is -2.71. The van der Waals surface area contributed by atoms with Gasteiger partial charge in [0.25, 0.3) is 0 Å². The first kappa shape index (κ1) is 18.3. The van der Waals surface area contributed by atoms with Crippen LogP contribution in [0.3, 0.4) is 0 Å². The van der Waals surface area contributed by atoms with E-state index < -0.39 is 0 Å². The quantitative estimate of drug-likeness (QED) is 0.655. The fourth-order valence-electron chi connectivity index (χ4n) is 4.16. The number of fused-ring (bicyclic) bond motifs is 1. The van der Waals surface area contributed by atoms with Crippen molar-refractivity contribution in [3.8, 4) is 16.9 Å². The third kappa shape index (κ3) is 3.54. The van der Waals surface area contributed by atoms with Crippen molar-refractivity contribution in [1.82, 2.24) is 15.2 Å². The molecule has 2 aromatic carbocycles. The van der Waals surface area contributed by atoms with Crippen LogP contribution >= 0.6 is 0 Å². The minimum absolute atomic E-state index is 0.229. The first-order valence-electron chi connectivity index (χ1n) is 9.86. The molecule has 0 radical (unpaired) electrons. The monoisotopic (exact) mass is 398 g/mol. The molecule has 0 N–H and O–H groups in total. The van der Waals surface area contributed by atoms with Crippen molar-refractivity contribution in [3.05, 3.63) is 36.1 Å². The molecule has 2 aliphatic rings. The number of morpholine rings is 1. The van der Waals surface area contributed by atoms with Gasteiger partial charge in [-0.05, 0) is 45.7 Å². The zero-order valence-electron chi connectivity index (χ0n) is 16.3. The van der Waals surface area contributed by atoms with E-state index in [0.29, 0.717) is 11.4 Å². The van der Waals surface area contributed by atoms with Gasteiger partial charge in [-0.15, -0.1) is 0 Å². The molecule has 0 amide bonds. The SMILES string of the molecule is COc1ccc(-c2cc(N3CC(CN4CCOCC4)C3)c3nonc3c2)cc1F. The predicted molar refractivity (Wildman–Crippen MR) is 107 cm³/mol. The summed E-state index contributed by atoms with van der Waals surface area (Å²) in [5, 5.41) is 8.11. The Morgan fingerprint density at radius 2 is 1.93 bits per heavy atom. The lowest BCUT2D eigenvalue weighted by Gasteiger charge is -2.43. The summed E-state index contributed by atoms with van der Waals surface area (Å²) in [6.07, 6.45) is 0. The minimum Gasteiger partial charge on any atom is -0.494 e. The normalized spacial score (nSPS) is 18.2. The number of rotatable bonds is 5. The van der Waals surface area contributed by atoms with Crippen LogP contribution < -0.4 is 9.64 Å². The van der Waals surface area contributed by atoms with Gasteiger partial charge in [-0.25, -0.2) is 9.02 Å². The number of halogens is 1. The van der Waals surface area contributed by atoms with Crippen LogP contribution in [-0.4, -0.2) is 68.3 Å². The van der Waals surface area contributed by atoms with Gasteiger partial charge < -0.3 is 14.4 Å². The summed E-state index contributed by atoms with van der Waals surface area (Å²) in [5.74, 6) is 0.455. The Morgan fingerprint density at radius 1 is 1.10 bits per heavy atom. The first-order chi connectivity index (χ1) is 14.2. The summed E-state index contributed by atoms with van der Waals surface area (Å²) < 4.78 is 29.6. The van der Waals surface area contributed by atoms with Crippen molar-refractivity contribution < 1.29 is 18.5 Å². The molecular formula is C21H23FN4O3. The highest BCUT2D eigenvalue weighted by Gasteiger charge is 2.31. The van der Waals surface area contributed by atoms with Gasteiger partial charge in [0.1, 0.15) is 5.52 Å². The molecule has 3 aromatic rings. The number of anilines is 1. The Labute approximate surface area is 167 Å². The third-order valence-electron chi connectivity index (χ3n) is 5.74. The van der Waals surface area contributed by atoms with E-state index in [1.54, 1.807) is 6.07 Å². The molecular weight excluding hydrogens is 375 g/mol. The molecule has 2 fully saturated rings. The van der Waals surface area contributed by atoms with Gasteiger partial charge >= 0.3 is 0 Å². The van der Waals surface area contributed by atoms with Crippen LogP contribution in [0, 0.1) is 11.7 Å². The standard InChI is InChI=1S/C21H23FN4O3/c1-27-20-3-2-15(8-17(20)22)16-9-18-21(24-29-23-18)19(10-16)26-12-14(13-26)11-25-4-6-28-7-5-25/h2-3,8-10,14H,4-7,11-13H2,1H3. The number of methoxy groups -OCH3 is 1. The van der Waals surface area contributed by atoms with Crippen LogP contribution in [0.1, 0.15) is 0 Å². The summed E-state index contributed by atoms with van der Waals surface area (Å²) in [6.45, 7) is 6.66. The lowest BCUT2D eigenvalue weighted by Crippen LogP contribution is -2.53. The molecule has 2 aliphatic heterocycles. The summed E-state index contributed by atoms with van der Waals surface area (Å²) in [4.78, 5) is 4.76. The largest absolute Gasteiger partial charge is 0.494 e. The number of nitrogens with zero attached hydrogens (tertiary/aromatic N) is 4. The van der Waals surface area contributed by atoms with E-state index in [0.717, 1.165) is 68.3 Å². The molecule has 0 bridgehead atoms. The molecule has 0 unspecified atom stereocenters. The van der Waals surface area contributed by atoms with Gasteiger partial charge in [0.15, 0.2) is 17.1 Å². The van der Waals surface area contributed by atoms with E-state index in [-0.39, 0.29) is 11.6 Å². The maximum atomic E-state index is 14.2. The van der Waals surface area contributed by atoms with Crippen molar-refractivity contribution in [3.63, 3.8) is 0 Å². The second kappa shape index (κ2) is 7.61. The average molecular weight is 398 g/mol. The molecule has 0 saturated carbocycles. The van der Waals surface area contributed by atoms with Crippen molar-refractivity contribution in [1.29, 1.82) is 0 Å². The molecule has 5 rings (SSSR count). The summed E-state index contributed by atoms with van der Waals surface area (Å²) in [7, 11) is 1.46. The van der Waals surface area contributed by atoms with E-state index in [4.69, 9.17) is 14.1 Å². The Balaban J connectivity index is 1.38. The van der Waals surface area contributed by atoms with E-state index in [1.807, 2.05) is 18.2 Å². The highest BCUT2D eigenvalue weighted by Crippen LogP contribution is 2.36. The van der Waals surface area contributed by atoms with Crippen molar-refractivity contribution in [2.24, 2.45) is 5.92 Å². The molecule has 29 heavy (non-hydrogen) atoms. The van der Waals surface area contributed by atoms with Crippen LogP contribution in [-0.2, 0) is 4.74 Å². The third-order valence-corrected chi connectivity index (χ3v) is 5.74. The molecule has 7 nitrogen and oxygen atoms in total. The molecule has 3 heterocycles. The van der Waals surface area contributed by atoms with Crippen molar-refractivity contribution in [2.75, 3.05) is 57.9 Å². The molecule has 8 heteroatoms. The van der Waals surface area contributed by atoms with Gasteiger partial charge in [0, 0.05) is 38.6 Å². The Kier molecular flexibility index (Phi) is 4.81. The summed E-state index contributed by atoms with van der Waals surface area (Å²) in [6, 6.07) is 8.88. The lowest BCUT2D eigenvalue weighted by atomic mass is 9.96. The highest BCUT2D eigenvalue weighted by atomic mass is 19.1. The molecule has 2 saturated heterocycles. The van der Waals surface area contributed by atoms with Gasteiger partial charge in [-0.1, -0.05) is 6.07 Å². The smallest absolute Gasteiger partial charge is 0.165 e. The van der Waals surface area contributed by atoms with Crippen LogP contribution in [0.2, 0.25) is 0 Å². The average Bonchev–Trinajstić information content (AvgIpc) is 3.19. The van der Waals surface area contributed by atoms with E-state index >= 15 is 0 Å². The molecule has 152 valence electrons. The topological polar surface area (TPSA) is 63.9 Å². The van der Waals surface area contributed by atoms with E-state index in [9.17, 15) is 4.39 Å². The fraction of sp³-hybridized carbons (Fsp3) is 0.429. The first-order valence-corrected chi connectivity index (χ1v) is 9.86. The maximum Gasteiger partial charge on any atom is 0.165 e. The van der Waals surface area contributed by atoms with Crippen LogP contribution in [0.5, 0.6) is 5.75 Å². The van der Waals surface area contributed by atoms with E-state index in [2.05, 4.69) is 20.1 Å². The minimum atomic E-state index is -0.389. The number of aromatic nitrogens is 2. The van der Waals surface area contributed by atoms with Crippen LogP contribution in [0.25, 0.3) is 22.2 Å². The molecule has 0 aliphatic carbocycles. The highest BCUT2D eigenvalue weighted by molar-refractivity contribution is 5.93. The van der Waals surface area contributed by atoms with Crippen molar-refractivity contribution >= 4 is 16.7 Å². The Morgan fingerprint density at radius 3 is 2.69 bits per heavy atom. The number of ether oxygens (including phenoxy) is 2. The molecule has 0 atom stereocenters. The zero-order chi connectivity index (χ0) is 19.8. The molecule has 1 aromatic heterocycles. The van der Waals surface area contributed by atoms with Gasteiger partial charge in [-0.3, -0.25) is 4.90 Å². The Bertz CT molecular complexity index is 1010. The van der Waals surface area contributed by atoms with Gasteiger partial charge in [-0.2, -0.15) is 0 Å². The molecule has 0 spiro atoms. The second-order valence-electron chi connectivity index (χ2n) is 7.66. The van der Waals surface area contributed by atoms with Crippen LogP contribution in [0.15, 0.2) is 35.0 Å². The van der Waals surface area contributed by atoms with E-state index in [1.165, 1.54) is 13.2 Å². The maximum absolute atomic E-state index is 14.2. The predicted octanol–water partition coefficient (Wildman–Crippen LogP) is 2.81. The number of hydrogen-bond acceptors (Lipinski definition) is 7. The summed E-state index contributed by atoms with van der Waals surface area (Å²) >= 11 is 0. The summed E-state index contributed by atoms with van der Waals surface area (Å²) in [5.41, 5.74) is 4.03. The van der Waals surface area contributed by atoms with Gasteiger partial charge in [0.05, 0.1) is 26.0 Å². The lowest BCUT2D eigenvalue weighted by molar-refractivity contribution is 0.0286. The second-order valence-corrected chi connectivity index (χ2v) is 7.66. The van der Waals surface area contributed by atoms with Gasteiger partial charge in [0.2, 0.25) is 0 Å². The fourth-order valence-corrected chi connectivity index (χ4v) is 4.16. The van der Waals surface area contributed by atoms with Crippen molar-refractivity contribution in [2.45, 2.75) is 0 Å². The number of hydrogen-bond donors (Lipinski definition) is 0. The number of benzene rings is 2.